The lowest BCUT2D eigenvalue weighted by atomic mass is 9.91. The Morgan fingerprint density at radius 1 is 1.19 bits per heavy atom. The second-order valence-electron chi connectivity index (χ2n) is 7.81. The quantitative estimate of drug-likeness (QED) is 0.457. The Morgan fingerprint density at radius 2 is 1.94 bits per heavy atom. The summed E-state index contributed by atoms with van der Waals surface area (Å²) < 4.78 is 5.79. The molecule has 8 heteroatoms. The summed E-state index contributed by atoms with van der Waals surface area (Å²) in [6.07, 6.45) is 5.57. The number of nitrogens with zero attached hydrogens (tertiary/aromatic N) is 2. The van der Waals surface area contributed by atoms with Crippen LogP contribution in [0.2, 0.25) is 0 Å². The van der Waals surface area contributed by atoms with Gasteiger partial charge in [0.1, 0.15) is 10.4 Å². The summed E-state index contributed by atoms with van der Waals surface area (Å²) in [6.45, 7) is 0.389. The molecule has 4 N–H and O–H groups in total. The molecule has 2 aromatic heterocycles. The average Bonchev–Trinajstić information content (AvgIpc) is 2.81. The van der Waals surface area contributed by atoms with Gasteiger partial charge in [-0.1, -0.05) is 12.1 Å². The molecule has 1 aliphatic carbocycles. The summed E-state index contributed by atoms with van der Waals surface area (Å²) >= 11 is 3.51. The number of hydrogen-bond donors (Lipinski definition) is 3. The molecule has 0 atom stereocenters. The first-order valence-corrected chi connectivity index (χ1v) is 11.2. The van der Waals surface area contributed by atoms with Crippen molar-refractivity contribution in [3.63, 3.8) is 0 Å². The van der Waals surface area contributed by atoms with E-state index < -0.39 is 0 Å². The zero-order chi connectivity index (χ0) is 21.8. The van der Waals surface area contributed by atoms with Crippen molar-refractivity contribution in [1.29, 1.82) is 0 Å². The van der Waals surface area contributed by atoms with Gasteiger partial charge in [-0.15, -0.1) is 0 Å². The van der Waals surface area contributed by atoms with Crippen LogP contribution in [0.4, 0.5) is 5.69 Å². The molecule has 1 amide bonds. The first-order chi connectivity index (χ1) is 15.0. The van der Waals surface area contributed by atoms with Crippen LogP contribution in [0.1, 0.15) is 41.7 Å². The first-order valence-electron chi connectivity index (χ1n) is 10.4. The van der Waals surface area contributed by atoms with Gasteiger partial charge < -0.3 is 21.1 Å². The van der Waals surface area contributed by atoms with Crippen molar-refractivity contribution >= 4 is 38.4 Å². The van der Waals surface area contributed by atoms with E-state index in [0.29, 0.717) is 22.5 Å². The zero-order valence-corrected chi connectivity index (χ0v) is 19.0. The number of hydrogen-bond acceptors (Lipinski definition) is 6. The van der Waals surface area contributed by atoms with Gasteiger partial charge in [0.2, 0.25) is 0 Å². The molecular formula is C23H26BrN5O2. The van der Waals surface area contributed by atoms with Crippen molar-refractivity contribution in [1.82, 2.24) is 15.3 Å². The van der Waals surface area contributed by atoms with Gasteiger partial charge in [-0.2, -0.15) is 0 Å². The number of carbonyl (C=O) groups is 1. The molecule has 3 aromatic rings. The van der Waals surface area contributed by atoms with E-state index in [2.05, 4.69) is 36.5 Å². The maximum Gasteiger partial charge on any atom is 0.272 e. The van der Waals surface area contributed by atoms with E-state index >= 15 is 0 Å². The van der Waals surface area contributed by atoms with Gasteiger partial charge in [-0.05, 0) is 71.4 Å². The largest absolute Gasteiger partial charge is 0.497 e. The standard InChI is InChI=1S/C23H26BrN5O2/c1-31-17-10-4-14(5-11-17)13-27-23(30)21-20(28-16-8-6-15(25)7-9-16)19-18(22(24)29-21)3-2-12-26-19/h2-5,10-12,15-16,28H,6-9,13,25H2,1H3,(H,27,30). The van der Waals surface area contributed by atoms with Crippen LogP contribution < -0.4 is 21.1 Å². The molecule has 0 unspecified atom stereocenters. The summed E-state index contributed by atoms with van der Waals surface area (Å²) in [5.74, 6) is 0.527. The minimum Gasteiger partial charge on any atom is -0.497 e. The van der Waals surface area contributed by atoms with Gasteiger partial charge in [0, 0.05) is 30.2 Å². The topological polar surface area (TPSA) is 102 Å². The number of amides is 1. The van der Waals surface area contributed by atoms with Crippen molar-refractivity contribution in [2.45, 2.75) is 44.3 Å². The number of ether oxygens (including phenoxy) is 1. The molecule has 1 aliphatic rings. The van der Waals surface area contributed by atoms with Crippen molar-refractivity contribution in [2.24, 2.45) is 5.73 Å². The highest BCUT2D eigenvalue weighted by Crippen LogP contribution is 2.32. The van der Waals surface area contributed by atoms with Crippen molar-refractivity contribution in [3.05, 3.63) is 58.5 Å². The number of rotatable bonds is 6. The Morgan fingerprint density at radius 3 is 2.65 bits per heavy atom. The molecular weight excluding hydrogens is 458 g/mol. The summed E-state index contributed by atoms with van der Waals surface area (Å²) in [5.41, 5.74) is 8.77. The number of methoxy groups -OCH3 is 1. The van der Waals surface area contributed by atoms with E-state index in [1.807, 2.05) is 36.4 Å². The number of benzene rings is 1. The molecule has 162 valence electrons. The van der Waals surface area contributed by atoms with Gasteiger partial charge >= 0.3 is 0 Å². The predicted octanol–water partition coefficient (Wildman–Crippen LogP) is 4.01. The molecule has 0 bridgehead atoms. The lowest BCUT2D eigenvalue weighted by Crippen LogP contribution is -2.34. The molecule has 1 aromatic carbocycles. The average molecular weight is 484 g/mol. The van der Waals surface area contributed by atoms with E-state index in [4.69, 9.17) is 10.5 Å². The SMILES string of the molecule is COc1ccc(CNC(=O)c2nc(Br)c3cccnc3c2NC2CCC(N)CC2)cc1. The van der Waals surface area contributed by atoms with Crippen LogP contribution in [0, 0.1) is 0 Å². The molecule has 0 radical (unpaired) electrons. The van der Waals surface area contributed by atoms with E-state index in [9.17, 15) is 4.79 Å². The summed E-state index contributed by atoms with van der Waals surface area (Å²) in [7, 11) is 1.63. The summed E-state index contributed by atoms with van der Waals surface area (Å²) in [6, 6.07) is 11.9. The van der Waals surface area contributed by atoms with Crippen molar-refractivity contribution in [2.75, 3.05) is 12.4 Å². The highest BCUT2D eigenvalue weighted by Gasteiger charge is 2.24. The van der Waals surface area contributed by atoms with Crippen LogP contribution in [0.5, 0.6) is 5.75 Å². The Balaban J connectivity index is 1.61. The molecule has 1 fully saturated rings. The van der Waals surface area contributed by atoms with Crippen LogP contribution in [0.25, 0.3) is 10.9 Å². The Hall–Kier alpha value is -2.71. The molecule has 4 rings (SSSR count). The number of aromatic nitrogens is 2. The summed E-state index contributed by atoms with van der Waals surface area (Å²) in [4.78, 5) is 22.3. The monoisotopic (exact) mass is 483 g/mol. The third-order valence-corrected chi connectivity index (χ3v) is 6.27. The molecule has 0 spiro atoms. The number of nitrogens with one attached hydrogen (secondary N) is 2. The van der Waals surface area contributed by atoms with Crippen LogP contribution in [-0.2, 0) is 6.54 Å². The molecule has 2 heterocycles. The lowest BCUT2D eigenvalue weighted by Gasteiger charge is -2.28. The van der Waals surface area contributed by atoms with Gasteiger partial charge in [-0.25, -0.2) is 4.98 Å². The van der Waals surface area contributed by atoms with Gasteiger partial charge in [0.25, 0.3) is 5.91 Å². The molecule has 31 heavy (non-hydrogen) atoms. The molecule has 1 saturated carbocycles. The highest BCUT2D eigenvalue weighted by atomic mass is 79.9. The van der Waals surface area contributed by atoms with Crippen LogP contribution >= 0.6 is 15.9 Å². The Bertz CT molecular complexity index is 1070. The third kappa shape index (κ3) is 4.97. The van der Waals surface area contributed by atoms with Crippen LogP contribution in [-0.4, -0.2) is 35.1 Å². The predicted molar refractivity (Wildman–Crippen MR) is 125 cm³/mol. The van der Waals surface area contributed by atoms with Gasteiger partial charge in [0.05, 0.1) is 18.3 Å². The fourth-order valence-electron chi connectivity index (χ4n) is 3.88. The normalized spacial score (nSPS) is 18.5. The van der Waals surface area contributed by atoms with Crippen LogP contribution in [0.3, 0.4) is 0 Å². The number of carbonyl (C=O) groups excluding carboxylic acids is 1. The summed E-state index contributed by atoms with van der Waals surface area (Å²) in [5, 5.41) is 7.40. The smallest absolute Gasteiger partial charge is 0.272 e. The number of halogens is 1. The second-order valence-corrected chi connectivity index (χ2v) is 8.56. The maximum absolute atomic E-state index is 13.1. The minimum atomic E-state index is -0.251. The number of pyridine rings is 2. The van der Waals surface area contributed by atoms with E-state index in [-0.39, 0.29) is 18.0 Å². The number of fused-ring (bicyclic) bond motifs is 1. The van der Waals surface area contributed by atoms with Gasteiger partial charge in [0.15, 0.2) is 5.69 Å². The molecule has 7 nitrogen and oxygen atoms in total. The van der Waals surface area contributed by atoms with Gasteiger partial charge in [-0.3, -0.25) is 9.78 Å². The lowest BCUT2D eigenvalue weighted by molar-refractivity contribution is 0.0946. The fourth-order valence-corrected chi connectivity index (χ4v) is 4.37. The zero-order valence-electron chi connectivity index (χ0n) is 17.4. The Labute approximate surface area is 189 Å². The van der Waals surface area contributed by atoms with Crippen LogP contribution in [0.15, 0.2) is 47.2 Å². The first kappa shape index (κ1) is 21.5. The van der Waals surface area contributed by atoms with E-state index in [1.165, 1.54) is 0 Å². The fraction of sp³-hybridized carbons (Fsp3) is 0.348. The molecule has 0 aliphatic heterocycles. The van der Waals surface area contributed by atoms with E-state index in [0.717, 1.165) is 47.9 Å². The Kier molecular flexibility index (Phi) is 6.67. The molecule has 0 saturated heterocycles. The van der Waals surface area contributed by atoms with E-state index in [1.54, 1.807) is 13.3 Å². The second kappa shape index (κ2) is 9.62. The minimum absolute atomic E-state index is 0.237. The number of nitrogens with two attached hydrogens (primary N) is 1. The number of anilines is 1. The van der Waals surface area contributed by atoms with Crippen molar-refractivity contribution in [3.8, 4) is 5.75 Å². The maximum atomic E-state index is 13.1. The van der Waals surface area contributed by atoms with Crippen molar-refractivity contribution < 1.29 is 9.53 Å². The highest BCUT2D eigenvalue weighted by molar-refractivity contribution is 9.10. The third-order valence-electron chi connectivity index (χ3n) is 5.66.